The highest BCUT2D eigenvalue weighted by Crippen LogP contribution is 2.02. The molecule has 0 fully saturated rings. The molecule has 0 saturated heterocycles. The Morgan fingerprint density at radius 1 is 1.80 bits per heavy atom. The first-order chi connectivity index (χ1) is 4.72. The standard InChI is InChI=1S/C6H8N2O2/c7-5-4(6(9)10)2-1-3-8-5/h1-2,8H,3,7H2,(H,9,10). The van der Waals surface area contributed by atoms with Crippen LogP contribution in [0.2, 0.25) is 0 Å². The highest BCUT2D eigenvalue weighted by atomic mass is 16.4. The SMILES string of the molecule is NC1=C(C(=O)O)C=CCN1. The molecule has 0 aromatic carbocycles. The number of carbonyl (C=O) groups is 1. The van der Waals surface area contributed by atoms with E-state index in [0.29, 0.717) is 6.54 Å². The fourth-order valence-corrected chi connectivity index (χ4v) is 0.717. The summed E-state index contributed by atoms with van der Waals surface area (Å²) in [4.78, 5) is 10.3. The summed E-state index contributed by atoms with van der Waals surface area (Å²) >= 11 is 0. The molecule has 0 spiro atoms. The van der Waals surface area contributed by atoms with Crippen molar-refractivity contribution in [2.24, 2.45) is 5.73 Å². The molecule has 0 amide bonds. The number of dihydropyridines is 1. The van der Waals surface area contributed by atoms with Gasteiger partial charge in [-0.15, -0.1) is 0 Å². The van der Waals surface area contributed by atoms with Crippen LogP contribution in [0.4, 0.5) is 0 Å². The summed E-state index contributed by atoms with van der Waals surface area (Å²) in [5, 5.41) is 11.2. The fraction of sp³-hybridized carbons (Fsp3) is 0.167. The third-order valence-corrected chi connectivity index (χ3v) is 1.22. The molecule has 4 nitrogen and oxygen atoms in total. The number of hydrogen-bond donors (Lipinski definition) is 3. The molecule has 1 aliphatic heterocycles. The van der Waals surface area contributed by atoms with E-state index >= 15 is 0 Å². The summed E-state index contributed by atoms with van der Waals surface area (Å²) in [5.41, 5.74) is 5.45. The van der Waals surface area contributed by atoms with E-state index in [1.54, 1.807) is 6.08 Å². The minimum Gasteiger partial charge on any atom is -0.478 e. The highest BCUT2D eigenvalue weighted by molar-refractivity contribution is 5.90. The van der Waals surface area contributed by atoms with Crippen LogP contribution in [0.1, 0.15) is 0 Å². The van der Waals surface area contributed by atoms with Crippen molar-refractivity contribution >= 4 is 5.97 Å². The van der Waals surface area contributed by atoms with Crippen molar-refractivity contribution in [3.05, 3.63) is 23.5 Å². The van der Waals surface area contributed by atoms with E-state index in [1.165, 1.54) is 6.08 Å². The van der Waals surface area contributed by atoms with Gasteiger partial charge in [0.05, 0.1) is 5.57 Å². The van der Waals surface area contributed by atoms with Crippen molar-refractivity contribution in [1.29, 1.82) is 0 Å². The van der Waals surface area contributed by atoms with Crippen molar-refractivity contribution in [2.45, 2.75) is 0 Å². The van der Waals surface area contributed by atoms with Crippen LogP contribution in [-0.2, 0) is 4.79 Å². The molecule has 1 heterocycles. The molecule has 1 aliphatic rings. The van der Waals surface area contributed by atoms with Gasteiger partial charge in [0.25, 0.3) is 0 Å². The van der Waals surface area contributed by atoms with Crippen LogP contribution in [0.5, 0.6) is 0 Å². The van der Waals surface area contributed by atoms with Gasteiger partial charge in [-0.3, -0.25) is 0 Å². The molecule has 4 heteroatoms. The van der Waals surface area contributed by atoms with Gasteiger partial charge in [-0.2, -0.15) is 0 Å². The lowest BCUT2D eigenvalue weighted by Crippen LogP contribution is -2.26. The number of rotatable bonds is 1. The maximum atomic E-state index is 10.3. The zero-order valence-corrected chi connectivity index (χ0v) is 5.29. The Kier molecular flexibility index (Phi) is 1.62. The molecule has 0 radical (unpaired) electrons. The van der Waals surface area contributed by atoms with E-state index in [1.807, 2.05) is 0 Å². The second kappa shape index (κ2) is 2.43. The van der Waals surface area contributed by atoms with Crippen LogP contribution >= 0.6 is 0 Å². The van der Waals surface area contributed by atoms with Crippen molar-refractivity contribution in [2.75, 3.05) is 6.54 Å². The smallest absolute Gasteiger partial charge is 0.339 e. The highest BCUT2D eigenvalue weighted by Gasteiger charge is 2.10. The lowest BCUT2D eigenvalue weighted by atomic mass is 10.2. The van der Waals surface area contributed by atoms with Gasteiger partial charge >= 0.3 is 5.97 Å². The molecular formula is C6H8N2O2. The fourth-order valence-electron chi connectivity index (χ4n) is 0.717. The molecule has 54 valence electrons. The molecule has 0 unspecified atom stereocenters. The molecule has 0 aromatic rings. The summed E-state index contributed by atoms with van der Waals surface area (Å²) in [6.07, 6.45) is 3.20. The number of carboxylic acids is 1. The molecule has 4 N–H and O–H groups in total. The normalized spacial score (nSPS) is 16.8. The number of aliphatic carboxylic acids is 1. The number of nitrogens with one attached hydrogen (secondary N) is 1. The second-order valence-electron chi connectivity index (χ2n) is 1.92. The second-order valence-corrected chi connectivity index (χ2v) is 1.92. The molecule has 0 atom stereocenters. The average Bonchev–Trinajstić information content (AvgIpc) is 1.88. The quantitative estimate of drug-likeness (QED) is 0.454. The third-order valence-electron chi connectivity index (χ3n) is 1.22. The van der Waals surface area contributed by atoms with E-state index in [-0.39, 0.29) is 11.4 Å². The van der Waals surface area contributed by atoms with Crippen LogP contribution < -0.4 is 11.1 Å². The molecule has 1 rings (SSSR count). The van der Waals surface area contributed by atoms with Gasteiger partial charge in [-0.25, -0.2) is 4.79 Å². The minimum atomic E-state index is -0.999. The van der Waals surface area contributed by atoms with Crippen molar-refractivity contribution in [3.8, 4) is 0 Å². The van der Waals surface area contributed by atoms with Crippen LogP contribution in [0.15, 0.2) is 23.5 Å². The van der Waals surface area contributed by atoms with Gasteiger partial charge < -0.3 is 16.2 Å². The zero-order chi connectivity index (χ0) is 7.56. The van der Waals surface area contributed by atoms with Crippen LogP contribution in [-0.4, -0.2) is 17.6 Å². The lowest BCUT2D eigenvalue weighted by Gasteiger charge is -2.09. The topological polar surface area (TPSA) is 75.4 Å². The van der Waals surface area contributed by atoms with Crippen LogP contribution in [0, 0.1) is 0 Å². The van der Waals surface area contributed by atoms with Crippen molar-refractivity contribution < 1.29 is 9.90 Å². The van der Waals surface area contributed by atoms with Crippen LogP contribution in [0.3, 0.4) is 0 Å². The Morgan fingerprint density at radius 3 is 2.90 bits per heavy atom. The molecule has 0 saturated carbocycles. The summed E-state index contributed by atoms with van der Waals surface area (Å²) in [7, 11) is 0. The van der Waals surface area contributed by atoms with Crippen molar-refractivity contribution in [1.82, 2.24) is 5.32 Å². The molecule has 0 aromatic heterocycles. The molecule has 10 heavy (non-hydrogen) atoms. The number of hydrogen-bond acceptors (Lipinski definition) is 3. The van der Waals surface area contributed by atoms with E-state index in [4.69, 9.17) is 10.8 Å². The van der Waals surface area contributed by atoms with E-state index in [2.05, 4.69) is 5.32 Å². The monoisotopic (exact) mass is 140 g/mol. The summed E-state index contributed by atoms with van der Waals surface area (Å²) in [6, 6.07) is 0. The first kappa shape index (κ1) is 6.67. The largest absolute Gasteiger partial charge is 0.478 e. The Morgan fingerprint density at radius 2 is 2.50 bits per heavy atom. The Hall–Kier alpha value is -1.45. The summed E-state index contributed by atoms with van der Waals surface area (Å²) in [6.45, 7) is 0.600. The molecular weight excluding hydrogens is 132 g/mol. The minimum absolute atomic E-state index is 0.131. The number of carboxylic acid groups (broad SMARTS) is 1. The molecule has 0 aliphatic carbocycles. The first-order valence-corrected chi connectivity index (χ1v) is 2.85. The van der Waals surface area contributed by atoms with Gasteiger partial charge in [0.1, 0.15) is 5.82 Å². The predicted octanol–water partition coefficient (Wildman–Crippen LogP) is -0.599. The lowest BCUT2D eigenvalue weighted by molar-refractivity contribution is -0.132. The predicted molar refractivity (Wildman–Crippen MR) is 36.0 cm³/mol. The Balaban J connectivity index is 2.90. The average molecular weight is 140 g/mol. The van der Waals surface area contributed by atoms with Gasteiger partial charge in [-0.1, -0.05) is 6.08 Å². The van der Waals surface area contributed by atoms with Gasteiger partial charge in [0, 0.05) is 6.54 Å². The van der Waals surface area contributed by atoms with E-state index < -0.39 is 5.97 Å². The Bertz CT molecular complexity index is 218. The molecule has 0 bridgehead atoms. The summed E-state index contributed by atoms with van der Waals surface area (Å²) in [5.74, 6) is -0.768. The Labute approximate surface area is 58.0 Å². The number of nitrogens with two attached hydrogens (primary N) is 1. The zero-order valence-electron chi connectivity index (χ0n) is 5.29. The third kappa shape index (κ3) is 1.10. The maximum Gasteiger partial charge on any atom is 0.339 e. The van der Waals surface area contributed by atoms with E-state index in [0.717, 1.165) is 0 Å². The van der Waals surface area contributed by atoms with Crippen LogP contribution in [0.25, 0.3) is 0 Å². The van der Waals surface area contributed by atoms with Gasteiger partial charge in [-0.05, 0) is 6.08 Å². The van der Waals surface area contributed by atoms with E-state index in [9.17, 15) is 4.79 Å². The maximum absolute atomic E-state index is 10.3. The van der Waals surface area contributed by atoms with Gasteiger partial charge in [0.2, 0.25) is 0 Å². The first-order valence-electron chi connectivity index (χ1n) is 2.85. The van der Waals surface area contributed by atoms with Gasteiger partial charge in [0.15, 0.2) is 0 Å². The van der Waals surface area contributed by atoms with Crippen molar-refractivity contribution in [3.63, 3.8) is 0 Å². The summed E-state index contributed by atoms with van der Waals surface area (Å²) < 4.78 is 0.